The summed E-state index contributed by atoms with van der Waals surface area (Å²) in [4.78, 5) is 84.7. The number of aromatic nitrogens is 5. The predicted octanol–water partition coefficient (Wildman–Crippen LogP) is 1.39. The fourth-order valence-electron chi connectivity index (χ4n) is 4.63. The summed E-state index contributed by atoms with van der Waals surface area (Å²) in [5.41, 5.74) is -1.30. The van der Waals surface area contributed by atoms with Crippen LogP contribution in [0, 0.1) is 0 Å². The van der Waals surface area contributed by atoms with Crippen molar-refractivity contribution in [1.29, 1.82) is 0 Å². The van der Waals surface area contributed by atoms with Crippen molar-refractivity contribution in [3.05, 3.63) is 22.3 Å². The molecule has 4 rings (SSSR count). The van der Waals surface area contributed by atoms with E-state index in [1.165, 1.54) is 21.8 Å². The first-order valence-corrected chi connectivity index (χ1v) is 19.3. The Labute approximate surface area is 321 Å². The molecular weight excluding hydrogens is 771 g/mol. The van der Waals surface area contributed by atoms with Gasteiger partial charge in [0.2, 0.25) is 11.6 Å². The number of β-lactam (4-membered cyclic amide) rings is 1. The zero-order valence-electron chi connectivity index (χ0n) is 30.2. The van der Waals surface area contributed by atoms with Crippen LogP contribution in [0.3, 0.4) is 0 Å². The maximum Gasteiger partial charge on any atom is 0.407 e. The quantitative estimate of drug-likeness (QED) is 0.0377. The van der Waals surface area contributed by atoms with Crippen molar-refractivity contribution in [2.24, 2.45) is 5.16 Å². The van der Waals surface area contributed by atoms with Crippen molar-refractivity contribution in [3.8, 4) is 0 Å². The molecule has 54 heavy (non-hydrogen) atoms. The second-order valence-corrected chi connectivity index (χ2v) is 16.3. The van der Waals surface area contributed by atoms with Gasteiger partial charge in [-0.15, -0.1) is 28.2 Å². The van der Waals surface area contributed by atoms with Gasteiger partial charge in [0.15, 0.2) is 10.8 Å². The number of oxime groups is 1. The normalized spacial score (nSPS) is 17.2. The molecule has 294 valence electrons. The first kappa shape index (κ1) is 41.8. The molecule has 0 bridgehead atoms. The van der Waals surface area contributed by atoms with E-state index in [1.807, 2.05) is 0 Å². The van der Waals surface area contributed by atoms with E-state index in [4.69, 9.17) is 14.3 Å². The fourth-order valence-corrected chi connectivity index (χ4v) is 7.67. The third kappa shape index (κ3) is 11.8. The maximum absolute atomic E-state index is 13.5. The molecule has 2 aromatic rings. The number of hydrogen-bond donors (Lipinski definition) is 5. The lowest BCUT2D eigenvalue weighted by atomic mass is 10.0. The molecular formula is C30H41N11O10S3. The molecule has 1 fully saturated rings. The summed E-state index contributed by atoms with van der Waals surface area (Å²) in [5.74, 6) is -2.41. The zero-order valence-corrected chi connectivity index (χ0v) is 32.7. The lowest BCUT2D eigenvalue weighted by Crippen LogP contribution is -2.71. The largest absolute Gasteiger partial charge is 0.477 e. The number of anilines is 1. The van der Waals surface area contributed by atoms with E-state index in [9.17, 15) is 33.9 Å². The number of nitrogens with zero attached hydrogens (tertiary/aromatic N) is 7. The van der Waals surface area contributed by atoms with Crippen molar-refractivity contribution in [2.45, 2.75) is 82.3 Å². The van der Waals surface area contributed by atoms with E-state index in [-0.39, 0.29) is 60.0 Å². The van der Waals surface area contributed by atoms with Gasteiger partial charge in [0.05, 0.1) is 6.54 Å². The number of aliphatic carboxylic acids is 1. The third-order valence-corrected chi connectivity index (χ3v) is 9.94. The van der Waals surface area contributed by atoms with E-state index in [2.05, 4.69) is 46.9 Å². The Morgan fingerprint density at radius 3 is 2.43 bits per heavy atom. The zero-order chi connectivity index (χ0) is 39.6. The van der Waals surface area contributed by atoms with Crippen molar-refractivity contribution < 1.29 is 48.2 Å². The van der Waals surface area contributed by atoms with E-state index in [0.29, 0.717) is 23.6 Å². The molecule has 0 spiro atoms. The lowest BCUT2D eigenvalue weighted by Gasteiger charge is -2.49. The van der Waals surface area contributed by atoms with E-state index in [1.54, 1.807) is 41.5 Å². The van der Waals surface area contributed by atoms with Gasteiger partial charge in [0.1, 0.15) is 40.6 Å². The standard InChI is InChI=1S/C30H41N11O10S3/c1-29(2,3)50-27(47)31-8-7-11-49-37-18(17-14-53-25(34-17)33-15-42)21(43)35-19-22(44)41-20(24(45)46)16(12-52-23(19)41)13-54-26-36-38-39-40(26)10-9-32-28(48)51-30(4,5)6/h14-15,19,23H,7-13H2,1-6H3,(H,31,47)(H,32,48)(H,35,43)(H,45,46)(H,33,34,42)/t19?,23-/m0/s1. The Morgan fingerprint density at radius 1 is 1.09 bits per heavy atom. The average Bonchev–Trinajstić information content (AvgIpc) is 3.73. The molecule has 21 nitrogen and oxygen atoms in total. The Hall–Kier alpha value is -4.97. The highest BCUT2D eigenvalue weighted by Crippen LogP contribution is 2.41. The number of ether oxygens (including phenoxy) is 2. The Kier molecular flexibility index (Phi) is 14.2. The summed E-state index contributed by atoms with van der Waals surface area (Å²) in [6, 6.07) is -1.09. The molecule has 0 aliphatic carbocycles. The Balaban J connectivity index is 1.37. The second-order valence-electron chi connectivity index (χ2n) is 13.4. The van der Waals surface area contributed by atoms with E-state index in [0.717, 1.165) is 28.0 Å². The summed E-state index contributed by atoms with van der Waals surface area (Å²) in [6.45, 7) is 11.0. The van der Waals surface area contributed by atoms with E-state index < -0.39 is 52.6 Å². The molecule has 0 radical (unpaired) electrons. The van der Waals surface area contributed by atoms with Crippen LogP contribution >= 0.6 is 34.9 Å². The van der Waals surface area contributed by atoms with E-state index >= 15 is 0 Å². The molecule has 1 saturated heterocycles. The monoisotopic (exact) mass is 811 g/mol. The van der Waals surface area contributed by atoms with Crippen LogP contribution in [0.5, 0.6) is 0 Å². The molecule has 2 aliphatic rings. The smallest absolute Gasteiger partial charge is 0.407 e. The van der Waals surface area contributed by atoms with Crippen molar-refractivity contribution in [3.63, 3.8) is 0 Å². The lowest BCUT2D eigenvalue weighted by molar-refractivity contribution is -0.150. The van der Waals surface area contributed by atoms with Crippen molar-refractivity contribution in [1.82, 2.24) is 46.0 Å². The van der Waals surface area contributed by atoms with Crippen LogP contribution in [0.2, 0.25) is 0 Å². The van der Waals surface area contributed by atoms with Gasteiger partial charge in [0, 0.05) is 36.4 Å². The van der Waals surface area contributed by atoms with Crippen LogP contribution in [0.1, 0.15) is 53.7 Å². The van der Waals surface area contributed by atoms with Crippen LogP contribution in [0.25, 0.3) is 0 Å². The summed E-state index contributed by atoms with van der Waals surface area (Å²) in [5, 5.41) is 37.2. The van der Waals surface area contributed by atoms with Crippen molar-refractivity contribution >= 4 is 82.1 Å². The van der Waals surface area contributed by atoms with Gasteiger partial charge < -0.3 is 40.7 Å². The van der Waals surface area contributed by atoms with Gasteiger partial charge >= 0.3 is 18.2 Å². The number of carboxylic acid groups (broad SMARTS) is 1. The number of hydrogen-bond acceptors (Lipinski definition) is 17. The SMILES string of the molecule is CC(C)(C)OC(=O)NCCCON=C(C(=O)NC1C(=O)N2C(C(=O)O)=C(CSc3nnnn3CCNC(=O)OC(C)(C)C)CS[C@@H]12)c1csc(NC=O)n1. The van der Waals surface area contributed by atoms with Gasteiger partial charge in [0.25, 0.3) is 11.8 Å². The number of carboxylic acids is 1. The van der Waals surface area contributed by atoms with Crippen LogP contribution in [0.15, 0.2) is 27.0 Å². The topological polar surface area (TPSA) is 271 Å². The van der Waals surface area contributed by atoms with Crippen LogP contribution < -0.4 is 21.3 Å². The predicted molar refractivity (Wildman–Crippen MR) is 196 cm³/mol. The summed E-state index contributed by atoms with van der Waals surface area (Å²) < 4.78 is 11.8. The molecule has 2 aliphatic heterocycles. The van der Waals surface area contributed by atoms with Crippen LogP contribution in [-0.4, -0.2) is 131 Å². The first-order valence-electron chi connectivity index (χ1n) is 16.4. The number of alkyl carbamates (subject to hydrolysis) is 2. The third-order valence-electron chi connectivity index (χ3n) is 6.78. The Bertz CT molecular complexity index is 1780. The molecule has 2 aromatic heterocycles. The van der Waals surface area contributed by atoms with Gasteiger partial charge in [-0.3, -0.25) is 19.3 Å². The summed E-state index contributed by atoms with van der Waals surface area (Å²) in [6.07, 6.45) is -0.457. The number of amides is 5. The molecule has 2 atom stereocenters. The molecule has 0 saturated carbocycles. The molecule has 1 unspecified atom stereocenters. The van der Waals surface area contributed by atoms with Gasteiger partial charge in [-0.05, 0) is 57.5 Å². The number of fused-ring (bicyclic) bond motifs is 1. The maximum atomic E-state index is 13.5. The molecule has 0 aromatic carbocycles. The highest BCUT2D eigenvalue weighted by Gasteiger charge is 2.54. The summed E-state index contributed by atoms with van der Waals surface area (Å²) in [7, 11) is 0. The summed E-state index contributed by atoms with van der Waals surface area (Å²) >= 11 is 3.46. The minimum Gasteiger partial charge on any atom is -0.477 e. The van der Waals surface area contributed by atoms with Gasteiger partial charge in [-0.1, -0.05) is 16.9 Å². The van der Waals surface area contributed by atoms with Gasteiger partial charge in [-0.25, -0.2) is 24.0 Å². The number of nitrogens with one attached hydrogen (secondary N) is 4. The van der Waals surface area contributed by atoms with Crippen LogP contribution in [-0.2, 0) is 40.0 Å². The number of thioether (sulfide) groups is 2. The molecule has 5 amide bonds. The number of rotatable bonds is 17. The Morgan fingerprint density at radius 2 is 1.78 bits per heavy atom. The average molecular weight is 812 g/mol. The number of tetrazole rings is 1. The molecule has 24 heteroatoms. The minimum atomic E-state index is -1.32. The number of thiazole rings is 1. The minimum absolute atomic E-state index is 0.00628. The van der Waals surface area contributed by atoms with Gasteiger partial charge in [-0.2, -0.15) is 0 Å². The second kappa shape index (κ2) is 18.4. The first-order chi connectivity index (χ1) is 25.5. The molecule has 5 N–H and O–H groups in total. The fraction of sp³-hybridized carbons (Fsp3) is 0.567. The highest BCUT2D eigenvalue weighted by atomic mass is 32.2. The molecule has 4 heterocycles. The highest BCUT2D eigenvalue weighted by molar-refractivity contribution is 8.01. The number of carbonyl (C=O) groups is 6. The number of carbonyl (C=O) groups excluding carboxylic acids is 5. The van der Waals surface area contributed by atoms with Crippen molar-refractivity contribution in [2.75, 3.05) is 36.5 Å². The van der Waals surface area contributed by atoms with Crippen LogP contribution in [0.4, 0.5) is 14.7 Å².